The summed E-state index contributed by atoms with van der Waals surface area (Å²) < 4.78 is 91.9. The van der Waals surface area contributed by atoms with Crippen molar-refractivity contribution in [2.45, 2.75) is 35.8 Å². The average molecular weight is 345 g/mol. The van der Waals surface area contributed by atoms with E-state index in [1.165, 1.54) is 0 Å². The van der Waals surface area contributed by atoms with Crippen LogP contribution in [0.15, 0.2) is 23.1 Å². The third-order valence-electron chi connectivity index (χ3n) is 3.02. The average Bonchev–Trinajstić information content (AvgIpc) is 2.35. The molecule has 0 aromatic heterocycles. The molecule has 124 valence electrons. The molecular formula is C12H12F5NO3S. The van der Waals surface area contributed by atoms with Crippen LogP contribution in [0, 0.1) is 0 Å². The summed E-state index contributed by atoms with van der Waals surface area (Å²) in [6.45, 7) is 3.69. The Bertz CT molecular complexity index is 697. The van der Waals surface area contributed by atoms with Crippen molar-refractivity contribution >= 4 is 15.5 Å². The van der Waals surface area contributed by atoms with E-state index in [0.717, 1.165) is 6.07 Å². The molecule has 0 unspecified atom stereocenters. The number of ether oxygens (including phenoxy) is 1. The second-order valence-electron chi connectivity index (χ2n) is 5.39. The van der Waals surface area contributed by atoms with Crippen LogP contribution in [-0.4, -0.2) is 32.0 Å². The minimum atomic E-state index is -6.20. The van der Waals surface area contributed by atoms with Gasteiger partial charge in [0.25, 0.3) is 9.84 Å². The Kier molecular flexibility index (Phi) is 3.59. The van der Waals surface area contributed by atoms with E-state index in [2.05, 4.69) is 5.32 Å². The monoisotopic (exact) mass is 345 g/mol. The van der Waals surface area contributed by atoms with Crippen LogP contribution in [0.4, 0.5) is 27.6 Å². The van der Waals surface area contributed by atoms with E-state index >= 15 is 0 Å². The minimum absolute atomic E-state index is 0.0402. The largest absolute Gasteiger partial charge is 0.484 e. The van der Waals surface area contributed by atoms with Crippen molar-refractivity contribution in [1.29, 1.82) is 0 Å². The minimum Gasteiger partial charge on any atom is -0.484 e. The van der Waals surface area contributed by atoms with Crippen LogP contribution in [0.3, 0.4) is 0 Å². The second-order valence-corrected chi connectivity index (χ2v) is 7.38. The molecule has 2 rings (SSSR count). The molecular weight excluding hydrogens is 333 g/mol. The summed E-state index contributed by atoms with van der Waals surface area (Å²) in [6.07, 6.45) is -6.20. The first-order valence-electron chi connectivity index (χ1n) is 6.04. The Labute approximate surface area is 123 Å². The van der Waals surface area contributed by atoms with Gasteiger partial charge in [0.1, 0.15) is 11.4 Å². The number of benzene rings is 1. The summed E-state index contributed by atoms with van der Waals surface area (Å²) in [5.41, 5.74) is -0.582. The van der Waals surface area contributed by atoms with Crippen molar-refractivity contribution in [3.8, 4) is 5.75 Å². The zero-order chi connectivity index (χ0) is 17.0. The highest BCUT2D eigenvalue weighted by atomic mass is 32.2. The molecule has 0 atom stereocenters. The van der Waals surface area contributed by atoms with Crippen LogP contribution in [0.2, 0.25) is 0 Å². The van der Waals surface area contributed by atoms with Gasteiger partial charge in [0, 0.05) is 0 Å². The fourth-order valence-corrected chi connectivity index (χ4v) is 2.97. The van der Waals surface area contributed by atoms with E-state index < -0.39 is 31.8 Å². The summed E-state index contributed by atoms with van der Waals surface area (Å²) in [6, 6.07) is 2.42. The number of halogens is 5. The van der Waals surface area contributed by atoms with E-state index in [-0.39, 0.29) is 18.0 Å². The fourth-order valence-electron chi connectivity index (χ4n) is 1.85. The number of nitrogens with one attached hydrogen (secondary N) is 1. The molecule has 1 aliphatic heterocycles. The number of hydrogen-bond acceptors (Lipinski definition) is 4. The highest BCUT2D eigenvalue weighted by molar-refractivity contribution is 7.92. The van der Waals surface area contributed by atoms with Gasteiger partial charge < -0.3 is 10.1 Å². The molecule has 0 amide bonds. The summed E-state index contributed by atoms with van der Waals surface area (Å²) in [5.74, 6) is 0.172. The van der Waals surface area contributed by atoms with Gasteiger partial charge in [-0.05, 0) is 32.0 Å². The van der Waals surface area contributed by atoms with Gasteiger partial charge in [-0.1, -0.05) is 0 Å². The van der Waals surface area contributed by atoms with Crippen LogP contribution >= 0.6 is 0 Å². The molecule has 0 saturated carbocycles. The Morgan fingerprint density at radius 2 is 1.77 bits per heavy atom. The second kappa shape index (κ2) is 4.71. The number of anilines is 1. The van der Waals surface area contributed by atoms with Crippen molar-refractivity contribution in [3.63, 3.8) is 0 Å². The normalized spacial score (nSPS) is 18.1. The molecule has 1 aromatic rings. The third-order valence-corrected chi connectivity index (χ3v) is 4.80. The standard InChI is InChI=1S/C12H12F5NO3S/c1-10(2)6-18-8-5-7(3-4-9(8)21-10)22(19,20)12(16,17)11(13,14)15/h3-5,18H,6H2,1-2H3. The van der Waals surface area contributed by atoms with Gasteiger partial charge in [0.15, 0.2) is 0 Å². The smallest absolute Gasteiger partial charge is 0.469 e. The molecule has 1 aliphatic rings. The molecule has 0 saturated heterocycles. The molecule has 22 heavy (non-hydrogen) atoms. The SMILES string of the molecule is CC1(C)CNc2cc(S(=O)(=O)C(F)(F)C(F)(F)F)ccc2O1. The molecule has 0 aliphatic carbocycles. The lowest BCUT2D eigenvalue weighted by Gasteiger charge is -2.33. The Hall–Kier alpha value is -1.58. The van der Waals surface area contributed by atoms with E-state index in [4.69, 9.17) is 4.74 Å². The van der Waals surface area contributed by atoms with Crippen molar-refractivity contribution in [2.75, 3.05) is 11.9 Å². The summed E-state index contributed by atoms with van der Waals surface area (Å²) in [4.78, 5) is -1.13. The van der Waals surface area contributed by atoms with Gasteiger partial charge in [-0.25, -0.2) is 8.42 Å². The Morgan fingerprint density at radius 3 is 2.32 bits per heavy atom. The molecule has 1 aromatic carbocycles. The Balaban J connectivity index is 2.48. The zero-order valence-electron chi connectivity index (χ0n) is 11.5. The van der Waals surface area contributed by atoms with Gasteiger partial charge >= 0.3 is 11.4 Å². The van der Waals surface area contributed by atoms with Gasteiger partial charge in [-0.2, -0.15) is 22.0 Å². The van der Waals surface area contributed by atoms with Crippen molar-refractivity contribution in [1.82, 2.24) is 0 Å². The number of sulfone groups is 1. The maximum Gasteiger partial charge on any atom is 0.469 e. The molecule has 0 fully saturated rings. The zero-order valence-corrected chi connectivity index (χ0v) is 12.3. The van der Waals surface area contributed by atoms with E-state index in [9.17, 15) is 30.4 Å². The quantitative estimate of drug-likeness (QED) is 0.837. The van der Waals surface area contributed by atoms with Crippen molar-refractivity contribution in [2.24, 2.45) is 0 Å². The number of rotatable bonds is 2. The van der Waals surface area contributed by atoms with Gasteiger partial charge in [-0.15, -0.1) is 0 Å². The lowest BCUT2D eigenvalue weighted by atomic mass is 10.1. The molecule has 10 heteroatoms. The van der Waals surface area contributed by atoms with E-state index in [1.807, 2.05) is 0 Å². The van der Waals surface area contributed by atoms with Crippen LogP contribution < -0.4 is 10.1 Å². The summed E-state index contributed by atoms with van der Waals surface area (Å²) >= 11 is 0. The molecule has 1 N–H and O–H groups in total. The Morgan fingerprint density at radius 1 is 1.18 bits per heavy atom. The highest BCUT2D eigenvalue weighted by Gasteiger charge is 2.67. The lowest BCUT2D eigenvalue weighted by Crippen LogP contribution is -2.44. The molecule has 4 nitrogen and oxygen atoms in total. The van der Waals surface area contributed by atoms with E-state index in [1.54, 1.807) is 13.8 Å². The van der Waals surface area contributed by atoms with Crippen LogP contribution in [0.5, 0.6) is 5.75 Å². The lowest BCUT2D eigenvalue weighted by molar-refractivity contribution is -0.241. The van der Waals surface area contributed by atoms with Crippen molar-refractivity contribution < 1.29 is 35.1 Å². The summed E-state index contributed by atoms with van der Waals surface area (Å²) in [7, 11) is -5.91. The van der Waals surface area contributed by atoms with Gasteiger partial charge in [0.2, 0.25) is 0 Å². The van der Waals surface area contributed by atoms with Crippen LogP contribution in [0.1, 0.15) is 13.8 Å². The van der Waals surface area contributed by atoms with Crippen LogP contribution in [0.25, 0.3) is 0 Å². The van der Waals surface area contributed by atoms with Gasteiger partial charge in [-0.3, -0.25) is 0 Å². The van der Waals surface area contributed by atoms with Crippen LogP contribution in [-0.2, 0) is 9.84 Å². The maximum atomic E-state index is 13.2. The van der Waals surface area contributed by atoms with Gasteiger partial charge in [0.05, 0.1) is 17.1 Å². The van der Waals surface area contributed by atoms with Crippen molar-refractivity contribution in [3.05, 3.63) is 18.2 Å². The number of hydrogen-bond donors (Lipinski definition) is 1. The first-order valence-corrected chi connectivity index (χ1v) is 7.52. The topological polar surface area (TPSA) is 55.4 Å². The highest BCUT2D eigenvalue weighted by Crippen LogP contribution is 2.44. The first kappa shape index (κ1) is 16.8. The molecule has 0 radical (unpaired) electrons. The predicted octanol–water partition coefficient (Wildman–Crippen LogP) is 3.20. The predicted molar refractivity (Wildman–Crippen MR) is 67.8 cm³/mol. The third kappa shape index (κ3) is 2.59. The summed E-state index contributed by atoms with van der Waals surface area (Å²) in [5, 5.41) is -3.13. The maximum absolute atomic E-state index is 13.2. The molecule has 1 heterocycles. The number of fused-ring (bicyclic) bond motifs is 1. The fraction of sp³-hybridized carbons (Fsp3) is 0.500. The molecule has 0 spiro atoms. The number of alkyl halides is 5. The molecule has 0 bridgehead atoms. The first-order chi connectivity index (χ1) is 9.78. The van der Waals surface area contributed by atoms with E-state index in [0.29, 0.717) is 12.1 Å².